The SMILES string of the molecule is CN(CCc1noc(COc2cccc(C(F)(F)F)c2)n1)C(=O)c1ccc(Cl)nc1. The monoisotopic (exact) mass is 440 g/mol. The Kier molecular flexibility index (Phi) is 6.56. The van der Waals surface area contributed by atoms with Crippen molar-refractivity contribution >= 4 is 17.5 Å². The fourth-order valence-corrected chi connectivity index (χ4v) is 2.56. The summed E-state index contributed by atoms with van der Waals surface area (Å²) in [5.41, 5.74) is -0.417. The van der Waals surface area contributed by atoms with Crippen LogP contribution in [-0.2, 0) is 19.2 Å². The number of halogens is 4. The second-order valence-electron chi connectivity index (χ2n) is 6.26. The normalized spacial score (nSPS) is 11.4. The zero-order valence-electron chi connectivity index (χ0n) is 15.7. The molecule has 0 radical (unpaired) electrons. The van der Waals surface area contributed by atoms with E-state index in [4.69, 9.17) is 20.9 Å². The first-order valence-electron chi connectivity index (χ1n) is 8.71. The van der Waals surface area contributed by atoms with E-state index < -0.39 is 11.7 Å². The number of alkyl halides is 3. The number of amides is 1. The van der Waals surface area contributed by atoms with Crippen molar-refractivity contribution in [2.45, 2.75) is 19.2 Å². The van der Waals surface area contributed by atoms with Crippen LogP contribution in [0, 0.1) is 0 Å². The van der Waals surface area contributed by atoms with Crippen LogP contribution in [0.5, 0.6) is 5.75 Å². The van der Waals surface area contributed by atoms with Gasteiger partial charge < -0.3 is 14.2 Å². The molecule has 11 heteroatoms. The van der Waals surface area contributed by atoms with Gasteiger partial charge in [0.05, 0.1) is 11.1 Å². The van der Waals surface area contributed by atoms with Gasteiger partial charge in [0.1, 0.15) is 10.9 Å². The van der Waals surface area contributed by atoms with Gasteiger partial charge in [0.15, 0.2) is 12.4 Å². The molecule has 0 N–H and O–H groups in total. The zero-order valence-corrected chi connectivity index (χ0v) is 16.4. The Morgan fingerprint density at radius 3 is 2.77 bits per heavy atom. The van der Waals surface area contributed by atoms with Crippen molar-refractivity contribution < 1.29 is 27.2 Å². The van der Waals surface area contributed by atoms with Crippen molar-refractivity contribution in [2.24, 2.45) is 0 Å². The van der Waals surface area contributed by atoms with Crippen LogP contribution in [0.2, 0.25) is 5.15 Å². The fourth-order valence-electron chi connectivity index (χ4n) is 2.45. The van der Waals surface area contributed by atoms with Crippen molar-refractivity contribution in [3.05, 3.63) is 70.6 Å². The topological polar surface area (TPSA) is 81.4 Å². The maximum absolute atomic E-state index is 12.7. The number of rotatable bonds is 7. The predicted octanol–water partition coefficient (Wildman–Crippen LogP) is 4.03. The molecule has 2 aromatic heterocycles. The van der Waals surface area contributed by atoms with Crippen LogP contribution in [0.1, 0.15) is 27.6 Å². The molecule has 0 fully saturated rings. The third-order valence-corrected chi connectivity index (χ3v) is 4.25. The Labute approximate surface area is 174 Å². The van der Waals surface area contributed by atoms with Gasteiger partial charge in [-0.05, 0) is 30.3 Å². The molecule has 0 aliphatic rings. The molecule has 158 valence electrons. The number of pyridine rings is 1. The van der Waals surface area contributed by atoms with Gasteiger partial charge in [0.25, 0.3) is 11.8 Å². The summed E-state index contributed by atoms with van der Waals surface area (Å²) in [6.45, 7) is 0.133. The molecule has 0 unspecified atom stereocenters. The molecule has 0 aliphatic carbocycles. The Morgan fingerprint density at radius 1 is 1.27 bits per heavy atom. The Bertz CT molecular complexity index is 1010. The molecule has 0 atom stereocenters. The third kappa shape index (κ3) is 5.69. The minimum absolute atomic E-state index is 0.0338. The lowest BCUT2D eigenvalue weighted by molar-refractivity contribution is -0.137. The molecule has 30 heavy (non-hydrogen) atoms. The quantitative estimate of drug-likeness (QED) is 0.516. The summed E-state index contributed by atoms with van der Waals surface area (Å²) in [7, 11) is 1.62. The van der Waals surface area contributed by atoms with Gasteiger partial charge in [-0.2, -0.15) is 18.2 Å². The largest absolute Gasteiger partial charge is 0.484 e. The highest BCUT2D eigenvalue weighted by atomic mass is 35.5. The van der Waals surface area contributed by atoms with Gasteiger partial charge in [-0.25, -0.2) is 4.98 Å². The molecular weight excluding hydrogens is 425 g/mol. The van der Waals surface area contributed by atoms with Gasteiger partial charge in [0, 0.05) is 26.2 Å². The van der Waals surface area contributed by atoms with Crippen molar-refractivity contribution in [3.8, 4) is 5.75 Å². The first-order valence-corrected chi connectivity index (χ1v) is 9.09. The van der Waals surface area contributed by atoms with E-state index in [0.29, 0.717) is 29.5 Å². The number of likely N-dealkylation sites (N-methyl/N-ethyl adjacent to an activating group) is 1. The summed E-state index contributed by atoms with van der Waals surface area (Å²) in [5.74, 6) is 0.243. The molecule has 2 heterocycles. The maximum atomic E-state index is 12.7. The summed E-state index contributed by atoms with van der Waals surface area (Å²) in [6, 6.07) is 7.60. The smallest absolute Gasteiger partial charge is 0.416 e. The van der Waals surface area contributed by atoms with Crippen molar-refractivity contribution in [3.63, 3.8) is 0 Å². The van der Waals surface area contributed by atoms with Crippen molar-refractivity contribution in [1.82, 2.24) is 20.0 Å². The fraction of sp³-hybridized carbons (Fsp3) is 0.263. The van der Waals surface area contributed by atoms with Crippen LogP contribution >= 0.6 is 11.6 Å². The van der Waals surface area contributed by atoms with Gasteiger partial charge in [-0.1, -0.05) is 22.8 Å². The van der Waals surface area contributed by atoms with E-state index in [1.165, 1.54) is 29.3 Å². The number of aromatic nitrogens is 3. The van der Waals surface area contributed by atoms with Crippen molar-refractivity contribution in [1.29, 1.82) is 0 Å². The highest BCUT2D eigenvalue weighted by molar-refractivity contribution is 6.29. The average molecular weight is 441 g/mol. The Morgan fingerprint density at radius 2 is 2.07 bits per heavy atom. The lowest BCUT2D eigenvalue weighted by Crippen LogP contribution is -2.29. The molecule has 3 aromatic rings. The number of ether oxygens (including phenoxy) is 1. The van der Waals surface area contributed by atoms with Gasteiger partial charge in [0.2, 0.25) is 0 Å². The molecular formula is C19H16ClF3N4O3. The summed E-state index contributed by atoms with van der Waals surface area (Å²) >= 11 is 5.71. The third-order valence-electron chi connectivity index (χ3n) is 4.03. The first kappa shape index (κ1) is 21.6. The highest BCUT2D eigenvalue weighted by Gasteiger charge is 2.30. The number of nitrogens with zero attached hydrogens (tertiary/aromatic N) is 4. The molecule has 0 saturated carbocycles. The van der Waals surface area contributed by atoms with Crippen LogP contribution in [0.4, 0.5) is 13.2 Å². The van der Waals surface area contributed by atoms with Gasteiger partial charge in [-0.15, -0.1) is 0 Å². The Balaban J connectivity index is 1.51. The number of carbonyl (C=O) groups excluding carboxylic acids is 1. The molecule has 1 amide bonds. The van der Waals surface area contributed by atoms with E-state index in [0.717, 1.165) is 12.1 Å². The van der Waals surface area contributed by atoms with Gasteiger partial charge >= 0.3 is 6.18 Å². The first-order chi connectivity index (χ1) is 14.2. The molecule has 1 aromatic carbocycles. The van der Waals surface area contributed by atoms with Crippen molar-refractivity contribution in [2.75, 3.05) is 13.6 Å². The molecule has 0 saturated heterocycles. The van der Waals surface area contributed by atoms with Crippen LogP contribution in [0.15, 0.2) is 47.1 Å². The van der Waals surface area contributed by atoms with E-state index >= 15 is 0 Å². The predicted molar refractivity (Wildman–Crippen MR) is 100.0 cm³/mol. The molecule has 0 aliphatic heterocycles. The van der Waals surface area contributed by atoms with E-state index in [-0.39, 0.29) is 24.2 Å². The second-order valence-corrected chi connectivity index (χ2v) is 6.65. The van der Waals surface area contributed by atoms with Gasteiger partial charge in [-0.3, -0.25) is 4.79 Å². The molecule has 0 spiro atoms. The zero-order chi connectivity index (χ0) is 21.7. The molecule has 3 rings (SSSR count). The number of benzene rings is 1. The lowest BCUT2D eigenvalue weighted by Gasteiger charge is -2.15. The molecule has 7 nitrogen and oxygen atoms in total. The summed E-state index contributed by atoms with van der Waals surface area (Å²) in [5, 5.41) is 4.08. The van der Waals surface area contributed by atoms with E-state index in [1.807, 2.05) is 0 Å². The number of hydrogen-bond donors (Lipinski definition) is 0. The van der Waals surface area contributed by atoms with E-state index in [9.17, 15) is 18.0 Å². The van der Waals surface area contributed by atoms with Crippen LogP contribution in [0.25, 0.3) is 0 Å². The molecule has 0 bridgehead atoms. The van der Waals surface area contributed by atoms with E-state index in [2.05, 4.69) is 15.1 Å². The van der Waals surface area contributed by atoms with Crippen LogP contribution in [0.3, 0.4) is 0 Å². The average Bonchev–Trinajstić information content (AvgIpc) is 3.18. The second kappa shape index (κ2) is 9.12. The highest BCUT2D eigenvalue weighted by Crippen LogP contribution is 2.31. The van der Waals surface area contributed by atoms with Crippen LogP contribution < -0.4 is 4.74 Å². The summed E-state index contributed by atoms with van der Waals surface area (Å²) < 4.78 is 48.5. The number of carbonyl (C=O) groups is 1. The maximum Gasteiger partial charge on any atom is 0.416 e. The minimum Gasteiger partial charge on any atom is -0.484 e. The lowest BCUT2D eigenvalue weighted by atomic mass is 10.2. The van der Waals surface area contributed by atoms with Crippen LogP contribution in [-0.4, -0.2) is 39.5 Å². The standard InChI is InChI=1S/C19H16ClF3N4O3/c1-27(18(28)12-5-6-15(20)24-10-12)8-7-16-25-17(30-26-16)11-29-14-4-2-3-13(9-14)19(21,22)23/h2-6,9-10H,7-8,11H2,1H3. The summed E-state index contributed by atoms with van der Waals surface area (Å²) in [6.07, 6.45) is -2.75. The summed E-state index contributed by atoms with van der Waals surface area (Å²) in [4.78, 5) is 21.8. The minimum atomic E-state index is -4.46. The van der Waals surface area contributed by atoms with E-state index in [1.54, 1.807) is 13.1 Å². The Hall–Kier alpha value is -3.14. The number of hydrogen-bond acceptors (Lipinski definition) is 6.